The number of allylic oxidation sites excluding steroid dienone is 2. The zero-order valence-corrected chi connectivity index (χ0v) is 18.9. The Balaban J connectivity index is 5.76. The second-order valence-electron chi connectivity index (χ2n) is 8.23. The van der Waals surface area contributed by atoms with Crippen LogP contribution in [0.2, 0.25) is 0 Å². The second kappa shape index (κ2) is 11.7. The Labute approximate surface area is 200 Å². The highest BCUT2D eigenvalue weighted by molar-refractivity contribution is 5.17. The minimum atomic E-state index is -8.59. The lowest BCUT2D eigenvalue weighted by Crippen LogP contribution is -2.74. The van der Waals surface area contributed by atoms with E-state index in [9.17, 15) is 74.6 Å². The molecule has 0 saturated heterocycles. The first-order valence-electron chi connectivity index (χ1n) is 10.7. The Hall–Kier alpha value is -1.45. The molecule has 0 aliphatic heterocycles. The van der Waals surface area contributed by atoms with Crippen LogP contribution in [0.4, 0.5) is 74.6 Å². The zero-order chi connectivity index (χ0) is 29.8. The molecular formula is C20H23F17. The number of halogens is 17. The molecule has 0 atom stereocenters. The van der Waals surface area contributed by atoms with Crippen LogP contribution < -0.4 is 0 Å². The fourth-order valence-corrected chi connectivity index (χ4v) is 2.91. The van der Waals surface area contributed by atoms with Gasteiger partial charge in [0.25, 0.3) is 0 Å². The lowest BCUT2D eigenvalue weighted by atomic mass is 9.89. The van der Waals surface area contributed by atoms with E-state index in [0.717, 1.165) is 25.7 Å². The highest BCUT2D eigenvalue weighted by Crippen LogP contribution is 2.64. The van der Waals surface area contributed by atoms with Gasteiger partial charge in [-0.2, -0.15) is 74.6 Å². The molecule has 37 heavy (non-hydrogen) atoms. The van der Waals surface area contributed by atoms with Crippen molar-refractivity contribution in [2.24, 2.45) is 0 Å². The molecule has 0 aromatic carbocycles. The number of hydrogen-bond donors (Lipinski definition) is 0. The summed E-state index contributed by atoms with van der Waals surface area (Å²) < 4.78 is 224. The first-order valence-corrected chi connectivity index (χ1v) is 10.7. The van der Waals surface area contributed by atoms with Crippen LogP contribution in [0.5, 0.6) is 0 Å². The van der Waals surface area contributed by atoms with E-state index in [1.165, 1.54) is 0 Å². The molecule has 0 amide bonds. The van der Waals surface area contributed by atoms with Gasteiger partial charge in [-0.05, 0) is 18.9 Å². The van der Waals surface area contributed by atoms with E-state index in [1.807, 2.05) is 6.92 Å². The summed E-state index contributed by atoms with van der Waals surface area (Å²) in [7, 11) is 0. The Bertz CT molecular complexity index is 734. The monoisotopic (exact) mass is 586 g/mol. The van der Waals surface area contributed by atoms with Gasteiger partial charge in [-0.1, -0.05) is 57.9 Å². The van der Waals surface area contributed by atoms with Crippen LogP contribution in [0.3, 0.4) is 0 Å². The summed E-state index contributed by atoms with van der Waals surface area (Å²) in [6.45, 7) is 1.95. The zero-order valence-electron chi connectivity index (χ0n) is 18.9. The molecule has 0 aliphatic carbocycles. The van der Waals surface area contributed by atoms with Crippen molar-refractivity contribution in [1.29, 1.82) is 0 Å². The van der Waals surface area contributed by atoms with E-state index >= 15 is 0 Å². The summed E-state index contributed by atoms with van der Waals surface area (Å²) in [5.41, 5.74) is 0. The van der Waals surface area contributed by atoms with Gasteiger partial charge in [0, 0.05) is 0 Å². The normalized spacial score (nSPS) is 15.6. The molecule has 0 aromatic heterocycles. The van der Waals surface area contributed by atoms with E-state index in [-0.39, 0.29) is 12.5 Å². The van der Waals surface area contributed by atoms with E-state index in [1.54, 1.807) is 0 Å². The molecule has 222 valence electrons. The standard InChI is InChI=1S/C20H23F17/c1-2-3-4-5-6-7-8-9-10-11-12-13(21,22)14(23,24)15(25,26)16(27,28)17(29,30)18(31,32)19(33,34)20(35,36)37/h11-12H,2-10H2,1H3/b12-11+. The molecule has 17 heteroatoms. The van der Waals surface area contributed by atoms with Crippen LogP contribution in [-0.4, -0.2) is 47.6 Å². The predicted molar refractivity (Wildman–Crippen MR) is 97.1 cm³/mol. The van der Waals surface area contributed by atoms with Crippen molar-refractivity contribution in [1.82, 2.24) is 0 Å². The summed E-state index contributed by atoms with van der Waals surface area (Å²) >= 11 is 0. The maximum Gasteiger partial charge on any atom is 0.460 e. The number of alkyl halides is 17. The molecule has 0 rings (SSSR count). The van der Waals surface area contributed by atoms with Crippen molar-refractivity contribution in [3.8, 4) is 0 Å². The summed E-state index contributed by atoms with van der Waals surface area (Å²) in [6.07, 6.45) is -4.01. The molecular weight excluding hydrogens is 563 g/mol. The number of hydrogen-bond acceptors (Lipinski definition) is 0. The Morgan fingerprint density at radius 1 is 0.405 bits per heavy atom. The van der Waals surface area contributed by atoms with Crippen LogP contribution in [0.1, 0.15) is 64.7 Å². The summed E-state index contributed by atoms with van der Waals surface area (Å²) in [5.74, 6) is -56.1. The lowest BCUT2D eigenvalue weighted by Gasteiger charge is -2.42. The maximum atomic E-state index is 13.7. The summed E-state index contributed by atoms with van der Waals surface area (Å²) in [5, 5.41) is 0. The van der Waals surface area contributed by atoms with Gasteiger partial charge in [0.1, 0.15) is 0 Å². The molecule has 0 aliphatic rings. The van der Waals surface area contributed by atoms with E-state index in [4.69, 9.17) is 0 Å². The van der Waals surface area contributed by atoms with Crippen LogP contribution in [-0.2, 0) is 0 Å². The third kappa shape index (κ3) is 6.59. The molecule has 0 aromatic rings. The first-order chi connectivity index (χ1) is 16.3. The van der Waals surface area contributed by atoms with Crippen LogP contribution >= 0.6 is 0 Å². The highest BCUT2D eigenvalue weighted by Gasteiger charge is 2.95. The Morgan fingerprint density at radius 3 is 1.11 bits per heavy atom. The molecule has 0 spiro atoms. The van der Waals surface area contributed by atoms with Gasteiger partial charge in [-0.3, -0.25) is 0 Å². The highest BCUT2D eigenvalue weighted by atomic mass is 19.4. The van der Waals surface area contributed by atoms with Gasteiger partial charge >= 0.3 is 47.6 Å². The molecule has 0 heterocycles. The second-order valence-corrected chi connectivity index (χ2v) is 8.23. The lowest BCUT2D eigenvalue weighted by molar-refractivity contribution is -0.459. The molecule has 0 fully saturated rings. The van der Waals surface area contributed by atoms with Crippen molar-refractivity contribution in [2.45, 2.75) is 112 Å². The maximum absolute atomic E-state index is 13.7. The van der Waals surface area contributed by atoms with Crippen molar-refractivity contribution in [2.75, 3.05) is 0 Å². The number of unbranched alkanes of at least 4 members (excludes halogenated alkanes) is 8. The minimum Gasteiger partial charge on any atom is -0.195 e. The fourth-order valence-electron chi connectivity index (χ4n) is 2.91. The molecule has 0 bridgehead atoms. The van der Waals surface area contributed by atoms with Crippen LogP contribution in [0.25, 0.3) is 0 Å². The summed E-state index contributed by atoms with van der Waals surface area (Å²) in [6, 6.07) is 0. The van der Waals surface area contributed by atoms with Gasteiger partial charge in [0.2, 0.25) is 0 Å². The van der Waals surface area contributed by atoms with Gasteiger partial charge in [0.15, 0.2) is 0 Å². The molecule has 0 N–H and O–H groups in total. The van der Waals surface area contributed by atoms with Crippen LogP contribution in [0.15, 0.2) is 12.2 Å². The fraction of sp³-hybridized carbons (Fsp3) is 0.900. The third-order valence-corrected chi connectivity index (χ3v) is 5.30. The van der Waals surface area contributed by atoms with Gasteiger partial charge in [-0.25, -0.2) is 0 Å². The van der Waals surface area contributed by atoms with Gasteiger partial charge in [0.05, 0.1) is 0 Å². The largest absolute Gasteiger partial charge is 0.460 e. The topological polar surface area (TPSA) is 0 Å². The van der Waals surface area contributed by atoms with Gasteiger partial charge in [-0.15, -0.1) is 0 Å². The van der Waals surface area contributed by atoms with Crippen molar-refractivity contribution < 1.29 is 74.6 Å². The molecule has 0 nitrogen and oxygen atoms in total. The number of rotatable bonds is 16. The summed E-state index contributed by atoms with van der Waals surface area (Å²) in [4.78, 5) is 0. The SMILES string of the molecule is CCCCCCCCCC/C=C/C(F)(F)C(F)(F)C(F)(F)C(F)(F)C(F)(F)C(F)(F)C(F)(F)C(F)(F)F. The molecule has 0 radical (unpaired) electrons. The molecule has 0 unspecified atom stereocenters. The van der Waals surface area contributed by atoms with E-state index in [2.05, 4.69) is 0 Å². The first kappa shape index (κ1) is 35.5. The third-order valence-electron chi connectivity index (χ3n) is 5.30. The predicted octanol–water partition coefficient (Wildman–Crippen LogP) is 10.1. The minimum absolute atomic E-state index is 0.00923. The van der Waals surface area contributed by atoms with Gasteiger partial charge < -0.3 is 0 Å². The molecule has 0 saturated carbocycles. The Morgan fingerprint density at radius 2 is 0.730 bits per heavy atom. The average Bonchev–Trinajstić information content (AvgIpc) is 2.73. The van der Waals surface area contributed by atoms with Crippen molar-refractivity contribution in [3.63, 3.8) is 0 Å². The smallest absolute Gasteiger partial charge is 0.195 e. The van der Waals surface area contributed by atoms with Crippen molar-refractivity contribution in [3.05, 3.63) is 12.2 Å². The Kier molecular flexibility index (Phi) is 11.3. The quantitative estimate of drug-likeness (QED) is 0.0960. The van der Waals surface area contributed by atoms with E-state index in [0.29, 0.717) is 19.3 Å². The van der Waals surface area contributed by atoms with E-state index < -0.39 is 60.1 Å². The average molecular weight is 586 g/mol. The van der Waals surface area contributed by atoms with Crippen molar-refractivity contribution >= 4 is 0 Å². The van der Waals surface area contributed by atoms with Crippen LogP contribution in [0, 0.1) is 0 Å².